The summed E-state index contributed by atoms with van der Waals surface area (Å²) in [5.74, 6) is -0.0441. The van der Waals surface area contributed by atoms with Crippen LogP contribution in [0.25, 0.3) is 0 Å². The average molecular weight is 326 g/mol. The summed E-state index contributed by atoms with van der Waals surface area (Å²) in [7, 11) is 0. The van der Waals surface area contributed by atoms with Gasteiger partial charge in [0.25, 0.3) is 0 Å². The Morgan fingerprint density at radius 1 is 1.00 bits per heavy atom. The van der Waals surface area contributed by atoms with Gasteiger partial charge in [0, 0.05) is 0 Å². The number of rotatable bonds is 8. The quantitative estimate of drug-likeness (QED) is 0.523. The molecule has 126 valence electrons. The van der Waals surface area contributed by atoms with Crippen molar-refractivity contribution < 1.29 is 14.6 Å². The highest BCUT2D eigenvalue weighted by molar-refractivity contribution is 5.73. The van der Waals surface area contributed by atoms with Gasteiger partial charge in [0.2, 0.25) is 0 Å². The molecule has 0 aliphatic heterocycles. The zero-order valence-electron chi connectivity index (χ0n) is 14.0. The van der Waals surface area contributed by atoms with E-state index in [1.54, 1.807) is 13.8 Å². The van der Waals surface area contributed by atoms with Crippen LogP contribution in [-0.4, -0.2) is 17.7 Å². The Bertz CT molecular complexity index is 680. The van der Waals surface area contributed by atoms with Gasteiger partial charge in [0.15, 0.2) is 0 Å². The van der Waals surface area contributed by atoms with Gasteiger partial charge in [-0.3, -0.25) is 4.79 Å². The van der Waals surface area contributed by atoms with Gasteiger partial charge in [-0.25, -0.2) is 0 Å². The number of hydrogen-bond donors (Lipinski definition) is 1. The molecule has 0 aromatic heterocycles. The number of carbonyl (C=O) groups is 1. The zero-order chi connectivity index (χ0) is 17.4. The summed E-state index contributed by atoms with van der Waals surface area (Å²) < 4.78 is 5.63. The predicted molar refractivity (Wildman–Crippen MR) is 93.2 cm³/mol. The second kappa shape index (κ2) is 8.24. The Hall–Kier alpha value is -2.69. The van der Waals surface area contributed by atoms with Gasteiger partial charge in [-0.1, -0.05) is 18.2 Å². The third-order valence-corrected chi connectivity index (χ3v) is 3.67. The van der Waals surface area contributed by atoms with Crippen molar-refractivity contribution >= 4 is 17.3 Å². The molecule has 5 heteroatoms. The van der Waals surface area contributed by atoms with Gasteiger partial charge in [-0.15, -0.1) is 0 Å². The third-order valence-electron chi connectivity index (χ3n) is 3.67. The van der Waals surface area contributed by atoms with E-state index < -0.39 is 11.4 Å². The molecule has 0 atom stereocenters. The summed E-state index contributed by atoms with van der Waals surface area (Å²) in [6.07, 6.45) is 1.26. The minimum absolute atomic E-state index is 0.488. The second-order valence-corrected chi connectivity index (χ2v) is 6.17. The predicted octanol–water partition coefficient (Wildman–Crippen LogP) is 5.37. The van der Waals surface area contributed by atoms with Crippen molar-refractivity contribution in [2.75, 3.05) is 6.61 Å². The lowest BCUT2D eigenvalue weighted by Crippen LogP contribution is -2.24. The summed E-state index contributed by atoms with van der Waals surface area (Å²) in [5, 5.41) is 17.4. The molecule has 0 aliphatic carbocycles. The number of nitrogens with zero attached hydrogens (tertiary/aromatic N) is 2. The Morgan fingerprint density at radius 2 is 1.58 bits per heavy atom. The molecule has 0 aliphatic rings. The van der Waals surface area contributed by atoms with Crippen LogP contribution in [0.2, 0.25) is 0 Å². The van der Waals surface area contributed by atoms with Crippen LogP contribution in [-0.2, 0) is 4.79 Å². The van der Waals surface area contributed by atoms with Crippen LogP contribution in [0.5, 0.6) is 5.75 Å². The van der Waals surface area contributed by atoms with E-state index in [1.165, 1.54) is 0 Å². The number of benzene rings is 2. The fraction of sp³-hybridized carbons (Fsp3) is 0.316. The molecule has 0 bridgehead atoms. The smallest absolute Gasteiger partial charge is 0.309 e. The molecule has 24 heavy (non-hydrogen) atoms. The summed E-state index contributed by atoms with van der Waals surface area (Å²) in [5.41, 5.74) is 0.836. The highest BCUT2D eigenvalue weighted by atomic mass is 16.5. The molecule has 2 aromatic carbocycles. The van der Waals surface area contributed by atoms with Crippen molar-refractivity contribution in [1.29, 1.82) is 0 Å². The third kappa shape index (κ3) is 5.50. The lowest BCUT2D eigenvalue weighted by atomic mass is 9.88. The molecule has 5 nitrogen and oxygen atoms in total. The molecule has 0 saturated heterocycles. The van der Waals surface area contributed by atoms with Crippen LogP contribution in [0.1, 0.15) is 26.7 Å². The van der Waals surface area contributed by atoms with Crippen molar-refractivity contribution in [3.63, 3.8) is 0 Å². The highest BCUT2D eigenvalue weighted by Crippen LogP contribution is 2.24. The van der Waals surface area contributed by atoms with Crippen molar-refractivity contribution in [3.8, 4) is 5.75 Å². The van der Waals surface area contributed by atoms with E-state index in [0.29, 0.717) is 19.4 Å². The Morgan fingerprint density at radius 3 is 2.17 bits per heavy atom. The molecular weight excluding hydrogens is 304 g/mol. The number of aliphatic carboxylic acids is 1. The minimum Gasteiger partial charge on any atom is -0.494 e. The molecule has 0 heterocycles. The first-order chi connectivity index (χ1) is 11.5. The van der Waals surface area contributed by atoms with E-state index in [4.69, 9.17) is 9.84 Å². The summed E-state index contributed by atoms with van der Waals surface area (Å²) >= 11 is 0. The molecule has 0 saturated carbocycles. The van der Waals surface area contributed by atoms with Crippen LogP contribution in [0.3, 0.4) is 0 Å². The topological polar surface area (TPSA) is 71.2 Å². The van der Waals surface area contributed by atoms with Crippen molar-refractivity contribution in [1.82, 2.24) is 0 Å². The first-order valence-electron chi connectivity index (χ1n) is 7.90. The van der Waals surface area contributed by atoms with Crippen LogP contribution >= 0.6 is 0 Å². The Balaban J connectivity index is 1.80. The van der Waals surface area contributed by atoms with Gasteiger partial charge in [-0.2, -0.15) is 10.2 Å². The first kappa shape index (κ1) is 17.7. The maximum absolute atomic E-state index is 11.0. The molecule has 0 unspecified atom stereocenters. The SMILES string of the molecule is CC(C)(CCCOc1ccc(N=Nc2ccccc2)cc1)C(=O)O. The normalized spacial score (nSPS) is 11.6. The van der Waals surface area contributed by atoms with Gasteiger partial charge in [-0.05, 0) is 63.1 Å². The summed E-state index contributed by atoms with van der Waals surface area (Å²) in [6.45, 7) is 3.94. The van der Waals surface area contributed by atoms with E-state index >= 15 is 0 Å². The van der Waals surface area contributed by atoms with Gasteiger partial charge in [0.1, 0.15) is 5.75 Å². The van der Waals surface area contributed by atoms with Crippen molar-refractivity contribution in [3.05, 3.63) is 54.6 Å². The number of azo groups is 1. The average Bonchev–Trinajstić information content (AvgIpc) is 2.59. The molecule has 0 amide bonds. The number of carboxylic acids is 1. The maximum atomic E-state index is 11.0. The summed E-state index contributed by atoms with van der Waals surface area (Å²) in [6, 6.07) is 16.9. The summed E-state index contributed by atoms with van der Waals surface area (Å²) in [4.78, 5) is 11.0. The van der Waals surface area contributed by atoms with Crippen LogP contribution in [0.15, 0.2) is 64.8 Å². The van der Waals surface area contributed by atoms with Gasteiger partial charge < -0.3 is 9.84 Å². The van der Waals surface area contributed by atoms with Crippen LogP contribution in [0.4, 0.5) is 11.4 Å². The van der Waals surface area contributed by atoms with Crippen molar-refractivity contribution in [2.45, 2.75) is 26.7 Å². The fourth-order valence-electron chi connectivity index (χ4n) is 2.03. The number of carboxylic acid groups (broad SMARTS) is 1. The van der Waals surface area contributed by atoms with E-state index in [9.17, 15) is 4.79 Å². The molecule has 0 radical (unpaired) electrons. The van der Waals surface area contributed by atoms with E-state index in [1.807, 2.05) is 54.6 Å². The highest BCUT2D eigenvalue weighted by Gasteiger charge is 2.26. The van der Waals surface area contributed by atoms with E-state index in [0.717, 1.165) is 17.1 Å². The fourth-order valence-corrected chi connectivity index (χ4v) is 2.03. The van der Waals surface area contributed by atoms with Gasteiger partial charge in [0.05, 0.1) is 23.4 Å². The van der Waals surface area contributed by atoms with E-state index in [2.05, 4.69) is 10.2 Å². The molecule has 0 fully saturated rings. The lowest BCUT2D eigenvalue weighted by molar-refractivity contribution is -0.147. The van der Waals surface area contributed by atoms with Crippen LogP contribution in [0, 0.1) is 5.41 Å². The molecule has 2 rings (SSSR count). The molecular formula is C19H22N2O3. The monoisotopic (exact) mass is 326 g/mol. The number of ether oxygens (including phenoxy) is 1. The Labute approximate surface area is 142 Å². The van der Waals surface area contributed by atoms with Gasteiger partial charge >= 0.3 is 5.97 Å². The molecule has 0 spiro atoms. The first-order valence-corrected chi connectivity index (χ1v) is 7.90. The second-order valence-electron chi connectivity index (χ2n) is 6.17. The lowest BCUT2D eigenvalue weighted by Gasteiger charge is -2.18. The van der Waals surface area contributed by atoms with Crippen molar-refractivity contribution in [2.24, 2.45) is 15.6 Å². The maximum Gasteiger partial charge on any atom is 0.309 e. The van der Waals surface area contributed by atoms with Crippen LogP contribution < -0.4 is 4.74 Å². The zero-order valence-corrected chi connectivity index (χ0v) is 14.0. The minimum atomic E-state index is -0.782. The standard InChI is InChI=1S/C19H22N2O3/c1-19(2,18(22)23)13-6-14-24-17-11-9-16(10-12-17)21-20-15-7-4-3-5-8-15/h3-5,7-12H,6,13-14H2,1-2H3,(H,22,23). The largest absolute Gasteiger partial charge is 0.494 e. The Kier molecular flexibility index (Phi) is 6.07. The molecule has 1 N–H and O–H groups in total. The van der Waals surface area contributed by atoms with E-state index in [-0.39, 0.29) is 0 Å². The number of hydrogen-bond acceptors (Lipinski definition) is 4. The molecule has 2 aromatic rings.